The van der Waals surface area contributed by atoms with E-state index in [9.17, 15) is 9.59 Å². The predicted molar refractivity (Wildman–Crippen MR) is 92.3 cm³/mol. The lowest BCUT2D eigenvalue weighted by atomic mass is 10.1. The third-order valence-electron chi connectivity index (χ3n) is 4.01. The number of hydrogen-bond donors (Lipinski definition) is 1. The summed E-state index contributed by atoms with van der Waals surface area (Å²) >= 11 is 0. The minimum absolute atomic E-state index is 0.0148. The van der Waals surface area contributed by atoms with E-state index in [1.807, 2.05) is 0 Å². The normalized spacial score (nSPS) is 12.0. The Kier molecular flexibility index (Phi) is 15.0. The molecule has 0 heterocycles. The van der Waals surface area contributed by atoms with Gasteiger partial charge in [-0.15, -0.1) is 0 Å². The average Bonchev–Trinajstić information content (AvgIpc) is 2.57. The van der Waals surface area contributed by atoms with E-state index in [-0.39, 0.29) is 6.42 Å². The summed E-state index contributed by atoms with van der Waals surface area (Å²) in [5.74, 6) is -0.821. The SMILES string of the molecule is CCCCCCCCCCCCNC(CC(=O)OC)C(=O)OC. The van der Waals surface area contributed by atoms with Crippen LogP contribution in [0, 0.1) is 0 Å². The van der Waals surface area contributed by atoms with Gasteiger partial charge in [0.15, 0.2) is 0 Å². The van der Waals surface area contributed by atoms with Crippen LogP contribution in [0.1, 0.15) is 77.6 Å². The summed E-state index contributed by atoms with van der Waals surface area (Å²) in [4.78, 5) is 22.9. The topological polar surface area (TPSA) is 64.6 Å². The number of unbranched alkanes of at least 4 members (excludes halogenated alkanes) is 9. The first kappa shape index (κ1) is 21.9. The van der Waals surface area contributed by atoms with Crippen molar-refractivity contribution in [1.29, 1.82) is 0 Å². The number of ether oxygens (including phenoxy) is 2. The summed E-state index contributed by atoms with van der Waals surface area (Å²) in [6, 6.07) is -0.606. The molecule has 0 aliphatic carbocycles. The van der Waals surface area contributed by atoms with E-state index in [1.165, 1.54) is 65.6 Å². The maximum Gasteiger partial charge on any atom is 0.323 e. The minimum Gasteiger partial charge on any atom is -0.469 e. The first-order chi connectivity index (χ1) is 11.2. The minimum atomic E-state index is -0.606. The summed E-state index contributed by atoms with van der Waals surface area (Å²) in [7, 11) is 2.65. The van der Waals surface area contributed by atoms with E-state index in [4.69, 9.17) is 4.74 Å². The van der Waals surface area contributed by atoms with Crippen molar-refractivity contribution in [1.82, 2.24) is 5.32 Å². The van der Waals surface area contributed by atoms with Crippen LogP contribution in [0.25, 0.3) is 0 Å². The van der Waals surface area contributed by atoms with Gasteiger partial charge in [0.25, 0.3) is 0 Å². The van der Waals surface area contributed by atoms with Crippen molar-refractivity contribution in [2.45, 2.75) is 83.6 Å². The Morgan fingerprint density at radius 3 is 1.83 bits per heavy atom. The van der Waals surface area contributed by atoms with Gasteiger partial charge in [-0.05, 0) is 13.0 Å². The highest BCUT2D eigenvalue weighted by Gasteiger charge is 2.22. The van der Waals surface area contributed by atoms with Gasteiger partial charge in [0.2, 0.25) is 0 Å². The molecule has 0 aromatic carbocycles. The molecule has 0 aliphatic heterocycles. The summed E-state index contributed by atoms with van der Waals surface area (Å²) in [6.07, 6.45) is 12.8. The van der Waals surface area contributed by atoms with Crippen molar-refractivity contribution in [3.8, 4) is 0 Å². The number of nitrogens with one attached hydrogen (secondary N) is 1. The second-order valence-corrected chi connectivity index (χ2v) is 5.99. The predicted octanol–water partition coefficient (Wildman–Crippen LogP) is 3.60. The molecule has 0 saturated heterocycles. The lowest BCUT2D eigenvalue weighted by molar-refractivity contribution is -0.149. The van der Waals surface area contributed by atoms with Gasteiger partial charge in [-0.3, -0.25) is 9.59 Å². The van der Waals surface area contributed by atoms with Crippen molar-refractivity contribution in [2.24, 2.45) is 0 Å². The van der Waals surface area contributed by atoms with Crippen LogP contribution in [0.4, 0.5) is 0 Å². The molecule has 23 heavy (non-hydrogen) atoms. The Morgan fingerprint density at radius 2 is 1.35 bits per heavy atom. The summed E-state index contributed by atoms with van der Waals surface area (Å²) in [5.41, 5.74) is 0. The molecule has 0 amide bonds. The van der Waals surface area contributed by atoms with Gasteiger partial charge >= 0.3 is 11.9 Å². The molecule has 0 radical (unpaired) electrons. The molecule has 5 heteroatoms. The molecule has 1 atom stereocenters. The Labute approximate surface area is 141 Å². The number of esters is 2. The largest absolute Gasteiger partial charge is 0.469 e. The smallest absolute Gasteiger partial charge is 0.323 e. The fraction of sp³-hybridized carbons (Fsp3) is 0.889. The summed E-state index contributed by atoms with van der Waals surface area (Å²) < 4.78 is 9.29. The Balaban J connectivity index is 3.58. The van der Waals surface area contributed by atoms with Crippen molar-refractivity contribution >= 4 is 11.9 Å². The molecule has 0 bridgehead atoms. The second-order valence-electron chi connectivity index (χ2n) is 5.99. The molecular weight excluding hydrogens is 294 g/mol. The van der Waals surface area contributed by atoms with E-state index in [1.54, 1.807) is 0 Å². The Morgan fingerprint density at radius 1 is 0.826 bits per heavy atom. The molecule has 0 spiro atoms. The summed E-state index contributed by atoms with van der Waals surface area (Å²) in [6.45, 7) is 2.96. The Hall–Kier alpha value is -1.10. The zero-order chi connectivity index (χ0) is 17.3. The fourth-order valence-electron chi connectivity index (χ4n) is 2.52. The maximum atomic E-state index is 11.6. The van der Waals surface area contributed by atoms with Crippen molar-refractivity contribution in [3.05, 3.63) is 0 Å². The van der Waals surface area contributed by atoms with Crippen LogP contribution in [0.2, 0.25) is 0 Å². The van der Waals surface area contributed by atoms with Crippen LogP contribution in [0.5, 0.6) is 0 Å². The molecule has 1 unspecified atom stereocenters. The van der Waals surface area contributed by atoms with E-state index in [0.717, 1.165) is 12.8 Å². The van der Waals surface area contributed by atoms with Gasteiger partial charge < -0.3 is 14.8 Å². The van der Waals surface area contributed by atoms with Crippen molar-refractivity contribution in [3.63, 3.8) is 0 Å². The third kappa shape index (κ3) is 13.1. The van der Waals surface area contributed by atoms with Crippen LogP contribution in [-0.4, -0.2) is 38.7 Å². The first-order valence-corrected chi connectivity index (χ1v) is 9.03. The van der Waals surface area contributed by atoms with Gasteiger partial charge in [0.05, 0.1) is 20.6 Å². The number of carbonyl (C=O) groups excluding carboxylic acids is 2. The number of hydrogen-bond acceptors (Lipinski definition) is 5. The van der Waals surface area contributed by atoms with E-state index >= 15 is 0 Å². The standard InChI is InChI=1S/C18H35NO4/c1-4-5-6-7-8-9-10-11-12-13-14-19-16(18(21)23-3)15-17(20)22-2/h16,19H,4-15H2,1-3H3. The van der Waals surface area contributed by atoms with Crippen molar-refractivity contribution in [2.75, 3.05) is 20.8 Å². The Bertz CT molecular complexity index is 307. The quantitative estimate of drug-likeness (QED) is 0.367. The van der Waals surface area contributed by atoms with Crippen LogP contribution < -0.4 is 5.32 Å². The molecule has 0 fully saturated rings. The monoisotopic (exact) mass is 329 g/mol. The molecular formula is C18H35NO4. The van der Waals surface area contributed by atoms with Gasteiger partial charge in [0, 0.05) is 0 Å². The van der Waals surface area contributed by atoms with Gasteiger partial charge in [-0.1, -0.05) is 64.7 Å². The fourth-order valence-corrected chi connectivity index (χ4v) is 2.52. The third-order valence-corrected chi connectivity index (χ3v) is 4.01. The van der Waals surface area contributed by atoms with E-state index in [0.29, 0.717) is 6.54 Å². The molecule has 0 aromatic rings. The maximum absolute atomic E-state index is 11.6. The number of rotatable bonds is 15. The zero-order valence-corrected chi connectivity index (χ0v) is 15.2. The molecule has 0 saturated carbocycles. The summed E-state index contributed by atoms with van der Waals surface area (Å²) in [5, 5.41) is 3.09. The van der Waals surface area contributed by atoms with Crippen LogP contribution >= 0.6 is 0 Å². The lowest BCUT2D eigenvalue weighted by Gasteiger charge is -2.15. The first-order valence-electron chi connectivity index (χ1n) is 9.03. The average molecular weight is 329 g/mol. The van der Waals surface area contributed by atoms with Gasteiger partial charge in [0.1, 0.15) is 6.04 Å². The molecule has 136 valence electrons. The van der Waals surface area contributed by atoms with Crippen LogP contribution in [-0.2, 0) is 19.1 Å². The van der Waals surface area contributed by atoms with Gasteiger partial charge in [-0.2, -0.15) is 0 Å². The molecule has 5 nitrogen and oxygen atoms in total. The second kappa shape index (κ2) is 15.8. The zero-order valence-electron chi connectivity index (χ0n) is 15.2. The number of methoxy groups -OCH3 is 2. The van der Waals surface area contributed by atoms with Gasteiger partial charge in [-0.25, -0.2) is 0 Å². The molecule has 1 N–H and O–H groups in total. The number of carbonyl (C=O) groups is 2. The highest BCUT2D eigenvalue weighted by Crippen LogP contribution is 2.10. The van der Waals surface area contributed by atoms with E-state index in [2.05, 4.69) is 17.0 Å². The lowest BCUT2D eigenvalue weighted by Crippen LogP contribution is -2.40. The highest BCUT2D eigenvalue weighted by atomic mass is 16.5. The van der Waals surface area contributed by atoms with Crippen molar-refractivity contribution < 1.29 is 19.1 Å². The molecule has 0 aliphatic rings. The molecule has 0 rings (SSSR count). The highest BCUT2D eigenvalue weighted by molar-refractivity contribution is 5.82. The van der Waals surface area contributed by atoms with E-state index < -0.39 is 18.0 Å². The molecule has 0 aromatic heterocycles. The van der Waals surface area contributed by atoms with Crippen LogP contribution in [0.15, 0.2) is 0 Å². The van der Waals surface area contributed by atoms with Crippen LogP contribution in [0.3, 0.4) is 0 Å².